The predicted octanol–water partition coefficient (Wildman–Crippen LogP) is 0.835. The van der Waals surface area contributed by atoms with Crippen LogP contribution in [0.25, 0.3) is 0 Å². The number of ether oxygens (including phenoxy) is 1. The van der Waals surface area contributed by atoms with Crippen molar-refractivity contribution < 1.29 is 4.74 Å². The first-order valence-corrected chi connectivity index (χ1v) is 5.06. The summed E-state index contributed by atoms with van der Waals surface area (Å²) < 4.78 is 5.11. The van der Waals surface area contributed by atoms with Crippen LogP contribution in [-0.2, 0) is 4.74 Å². The lowest BCUT2D eigenvalue weighted by molar-refractivity contribution is 0.0836. The maximum absolute atomic E-state index is 5.82. The number of nitrogens with zero attached hydrogens (tertiary/aromatic N) is 1. The lowest BCUT2D eigenvalue weighted by Crippen LogP contribution is -2.51. The van der Waals surface area contributed by atoms with Crippen LogP contribution < -0.4 is 5.73 Å². The molecule has 3 nitrogen and oxygen atoms in total. The van der Waals surface area contributed by atoms with E-state index in [1.54, 1.807) is 7.11 Å². The van der Waals surface area contributed by atoms with Crippen molar-refractivity contribution in [1.82, 2.24) is 4.90 Å². The Kier molecular flexibility index (Phi) is 3.71. The summed E-state index contributed by atoms with van der Waals surface area (Å²) in [7, 11) is 3.92. The second-order valence-electron chi connectivity index (χ2n) is 4.29. The van der Waals surface area contributed by atoms with E-state index in [0.29, 0.717) is 6.54 Å². The van der Waals surface area contributed by atoms with Gasteiger partial charge >= 0.3 is 0 Å². The number of hydrogen-bond donors (Lipinski definition) is 1. The molecule has 1 fully saturated rings. The van der Waals surface area contributed by atoms with Crippen LogP contribution in [0.2, 0.25) is 0 Å². The van der Waals surface area contributed by atoms with E-state index in [4.69, 9.17) is 10.5 Å². The fourth-order valence-electron chi connectivity index (χ4n) is 1.65. The first kappa shape index (κ1) is 11.0. The molecule has 0 aromatic heterocycles. The van der Waals surface area contributed by atoms with Crippen LogP contribution in [0.4, 0.5) is 0 Å². The molecule has 1 aliphatic carbocycles. The summed E-state index contributed by atoms with van der Waals surface area (Å²) in [6.45, 7) is 3.73. The van der Waals surface area contributed by atoms with E-state index >= 15 is 0 Å². The van der Waals surface area contributed by atoms with Crippen LogP contribution in [0.3, 0.4) is 0 Å². The fraction of sp³-hybridized carbons (Fsp3) is 1.00. The van der Waals surface area contributed by atoms with Crippen molar-refractivity contribution in [3.05, 3.63) is 0 Å². The van der Waals surface area contributed by atoms with Crippen molar-refractivity contribution in [2.24, 2.45) is 5.73 Å². The van der Waals surface area contributed by atoms with Gasteiger partial charge < -0.3 is 10.5 Å². The van der Waals surface area contributed by atoms with Crippen LogP contribution in [-0.4, -0.2) is 43.8 Å². The Morgan fingerprint density at radius 2 is 2.15 bits per heavy atom. The highest BCUT2D eigenvalue weighted by Gasteiger charge is 2.37. The van der Waals surface area contributed by atoms with Crippen molar-refractivity contribution in [1.29, 1.82) is 0 Å². The van der Waals surface area contributed by atoms with Gasteiger partial charge in [0.2, 0.25) is 0 Å². The van der Waals surface area contributed by atoms with Gasteiger partial charge in [-0.25, -0.2) is 0 Å². The molecule has 0 spiro atoms. The molecule has 2 N–H and O–H groups in total. The monoisotopic (exact) mass is 186 g/mol. The molecule has 0 radical (unpaired) electrons. The zero-order chi connectivity index (χ0) is 9.90. The van der Waals surface area contributed by atoms with E-state index in [9.17, 15) is 0 Å². The van der Waals surface area contributed by atoms with Crippen molar-refractivity contribution in [2.45, 2.75) is 37.8 Å². The summed E-state index contributed by atoms with van der Waals surface area (Å²) >= 11 is 0. The SMILES string of the molecule is COCCC(C)(CN)N(C)C1CC1. The van der Waals surface area contributed by atoms with Crippen LogP contribution in [0, 0.1) is 0 Å². The maximum atomic E-state index is 5.82. The molecule has 3 heteroatoms. The second kappa shape index (κ2) is 4.40. The topological polar surface area (TPSA) is 38.5 Å². The first-order valence-electron chi connectivity index (χ1n) is 5.06. The van der Waals surface area contributed by atoms with Gasteiger partial charge in [0.1, 0.15) is 0 Å². The Hall–Kier alpha value is -0.120. The van der Waals surface area contributed by atoms with E-state index in [-0.39, 0.29) is 5.54 Å². The molecule has 0 aliphatic heterocycles. The molecule has 1 saturated carbocycles. The predicted molar refractivity (Wildman–Crippen MR) is 54.7 cm³/mol. The average molecular weight is 186 g/mol. The van der Waals surface area contributed by atoms with Crippen LogP contribution in [0.1, 0.15) is 26.2 Å². The Morgan fingerprint density at radius 3 is 2.54 bits per heavy atom. The lowest BCUT2D eigenvalue weighted by Gasteiger charge is -2.38. The molecule has 0 amide bonds. The Labute approximate surface area is 81.2 Å². The molecule has 0 bridgehead atoms. The van der Waals surface area contributed by atoms with Crippen molar-refractivity contribution in [2.75, 3.05) is 27.3 Å². The van der Waals surface area contributed by atoms with Gasteiger partial charge in [0.25, 0.3) is 0 Å². The molecule has 0 aromatic carbocycles. The minimum Gasteiger partial charge on any atom is -0.385 e. The third-order valence-corrected chi connectivity index (χ3v) is 3.23. The van der Waals surface area contributed by atoms with Crippen molar-refractivity contribution in [3.63, 3.8) is 0 Å². The Balaban J connectivity index is 2.44. The summed E-state index contributed by atoms with van der Waals surface area (Å²) in [4.78, 5) is 2.42. The highest BCUT2D eigenvalue weighted by Crippen LogP contribution is 2.32. The Morgan fingerprint density at radius 1 is 1.54 bits per heavy atom. The average Bonchev–Trinajstić information content (AvgIpc) is 2.96. The maximum Gasteiger partial charge on any atom is 0.0480 e. The van der Waals surface area contributed by atoms with E-state index in [1.165, 1.54) is 12.8 Å². The van der Waals surface area contributed by atoms with Gasteiger partial charge in [0.05, 0.1) is 0 Å². The zero-order valence-corrected chi connectivity index (χ0v) is 9.05. The molecule has 1 unspecified atom stereocenters. The second-order valence-corrected chi connectivity index (χ2v) is 4.29. The number of rotatable bonds is 6. The quantitative estimate of drug-likeness (QED) is 0.668. The smallest absolute Gasteiger partial charge is 0.0480 e. The number of likely N-dealkylation sites (N-methyl/N-ethyl adjacent to an activating group) is 1. The third kappa shape index (κ3) is 2.66. The molecule has 13 heavy (non-hydrogen) atoms. The Bertz CT molecular complexity index is 159. The summed E-state index contributed by atoms with van der Waals surface area (Å²) in [6.07, 6.45) is 3.69. The van der Waals surface area contributed by atoms with Gasteiger partial charge in [0.15, 0.2) is 0 Å². The molecule has 1 rings (SSSR count). The van der Waals surface area contributed by atoms with Gasteiger partial charge in [-0.3, -0.25) is 4.90 Å². The first-order chi connectivity index (χ1) is 6.14. The molecule has 1 atom stereocenters. The van der Waals surface area contributed by atoms with Gasteiger partial charge in [-0.05, 0) is 33.2 Å². The van der Waals surface area contributed by atoms with Gasteiger partial charge in [-0.15, -0.1) is 0 Å². The molecule has 0 heterocycles. The number of nitrogens with two attached hydrogens (primary N) is 1. The number of hydrogen-bond acceptors (Lipinski definition) is 3. The van der Waals surface area contributed by atoms with E-state index < -0.39 is 0 Å². The van der Waals surface area contributed by atoms with E-state index in [1.807, 2.05) is 0 Å². The molecule has 0 aromatic rings. The summed E-state index contributed by atoms with van der Waals surface area (Å²) in [5.41, 5.74) is 5.94. The minimum absolute atomic E-state index is 0.122. The van der Waals surface area contributed by atoms with E-state index in [0.717, 1.165) is 19.1 Å². The van der Waals surface area contributed by atoms with Gasteiger partial charge in [-0.1, -0.05) is 0 Å². The van der Waals surface area contributed by atoms with Crippen molar-refractivity contribution in [3.8, 4) is 0 Å². The minimum atomic E-state index is 0.122. The molecule has 1 aliphatic rings. The summed E-state index contributed by atoms with van der Waals surface area (Å²) in [5.74, 6) is 0. The standard InChI is InChI=1S/C10H22N2O/c1-10(8-11,6-7-13-3)12(2)9-4-5-9/h9H,4-8,11H2,1-3H3. The summed E-state index contributed by atoms with van der Waals surface area (Å²) in [6, 6.07) is 0.769. The van der Waals surface area contributed by atoms with E-state index in [2.05, 4.69) is 18.9 Å². The number of methoxy groups -OCH3 is 1. The molecular weight excluding hydrogens is 164 g/mol. The highest BCUT2D eigenvalue weighted by atomic mass is 16.5. The molecule has 78 valence electrons. The zero-order valence-electron chi connectivity index (χ0n) is 9.05. The van der Waals surface area contributed by atoms with Crippen LogP contribution in [0.15, 0.2) is 0 Å². The fourth-order valence-corrected chi connectivity index (χ4v) is 1.65. The largest absolute Gasteiger partial charge is 0.385 e. The van der Waals surface area contributed by atoms with Crippen LogP contribution >= 0.6 is 0 Å². The third-order valence-electron chi connectivity index (χ3n) is 3.23. The summed E-state index contributed by atoms with van der Waals surface area (Å²) in [5, 5.41) is 0. The molecular formula is C10H22N2O. The highest BCUT2D eigenvalue weighted by molar-refractivity contribution is 4.94. The van der Waals surface area contributed by atoms with Crippen molar-refractivity contribution >= 4 is 0 Å². The lowest BCUT2D eigenvalue weighted by atomic mass is 9.96. The normalized spacial score (nSPS) is 21.9. The van der Waals surface area contributed by atoms with Gasteiger partial charge in [0, 0.05) is 31.8 Å². The van der Waals surface area contributed by atoms with Crippen LogP contribution in [0.5, 0.6) is 0 Å². The van der Waals surface area contributed by atoms with Gasteiger partial charge in [-0.2, -0.15) is 0 Å². The molecule has 0 saturated heterocycles.